The van der Waals surface area contributed by atoms with Crippen LogP contribution >= 0.6 is 0 Å². The van der Waals surface area contributed by atoms with Gasteiger partial charge in [0, 0.05) is 18.0 Å². The number of nitrogen functional groups attached to an aromatic ring is 1. The molecule has 0 saturated heterocycles. The molecular weight excluding hydrogens is 273 g/mol. The average molecular weight is 282 g/mol. The highest BCUT2D eigenvalue weighted by atomic mass is 19.2. The predicted octanol–water partition coefficient (Wildman–Crippen LogP) is 2.04. The summed E-state index contributed by atoms with van der Waals surface area (Å²) in [6, 6.07) is 3.91. The number of carbonyl (C=O) groups excluding carboxylic acids is 1. The highest BCUT2D eigenvalue weighted by molar-refractivity contribution is 6.04. The molecule has 0 spiro atoms. The topological polar surface area (TPSA) is 80.0 Å². The maximum Gasteiger partial charge on any atom is 0.258 e. The Balaban J connectivity index is 2.26. The molecule has 2 aromatic rings. The van der Waals surface area contributed by atoms with Crippen LogP contribution in [0.5, 0.6) is 0 Å². The van der Waals surface area contributed by atoms with Crippen molar-refractivity contribution in [3.8, 4) is 0 Å². The Bertz CT molecular complexity index is 663. The first-order chi connectivity index (χ1) is 9.52. The van der Waals surface area contributed by atoms with Crippen molar-refractivity contribution in [2.45, 2.75) is 0 Å². The molecule has 1 amide bonds. The molecule has 0 aliphatic rings. The van der Waals surface area contributed by atoms with E-state index in [0.717, 1.165) is 24.3 Å². The van der Waals surface area contributed by atoms with Crippen molar-refractivity contribution in [2.24, 2.45) is 5.84 Å². The normalized spacial score (nSPS) is 10.2. The fraction of sp³-hybridized carbons (Fsp3) is 0. The lowest BCUT2D eigenvalue weighted by atomic mass is 10.2. The number of nitrogens with two attached hydrogens (primary N) is 1. The molecule has 0 unspecified atom stereocenters. The number of hydrogen-bond acceptors (Lipinski definition) is 4. The number of halogens is 3. The van der Waals surface area contributed by atoms with Crippen molar-refractivity contribution >= 4 is 17.4 Å². The molecule has 0 fully saturated rings. The molecule has 2 rings (SSSR count). The average Bonchev–Trinajstić information content (AvgIpc) is 2.43. The minimum absolute atomic E-state index is 0.00706. The molecule has 4 N–H and O–H groups in total. The molecule has 0 radical (unpaired) electrons. The van der Waals surface area contributed by atoms with Crippen LogP contribution in [0.3, 0.4) is 0 Å². The Morgan fingerprint density at radius 1 is 1.15 bits per heavy atom. The zero-order valence-corrected chi connectivity index (χ0v) is 9.95. The Morgan fingerprint density at radius 3 is 2.55 bits per heavy atom. The Kier molecular flexibility index (Phi) is 3.85. The Hall–Kier alpha value is -2.61. The molecule has 0 saturated carbocycles. The van der Waals surface area contributed by atoms with E-state index in [1.807, 2.05) is 5.43 Å². The van der Waals surface area contributed by atoms with Gasteiger partial charge in [0.1, 0.15) is 0 Å². The van der Waals surface area contributed by atoms with Crippen molar-refractivity contribution in [1.29, 1.82) is 0 Å². The summed E-state index contributed by atoms with van der Waals surface area (Å²) in [5, 5.41) is 2.24. The molecule has 1 aromatic heterocycles. The van der Waals surface area contributed by atoms with Gasteiger partial charge in [0.05, 0.1) is 5.56 Å². The Labute approximate surface area is 111 Å². The van der Waals surface area contributed by atoms with Gasteiger partial charge in [-0.15, -0.1) is 0 Å². The van der Waals surface area contributed by atoms with Crippen LogP contribution in [-0.4, -0.2) is 10.9 Å². The third kappa shape index (κ3) is 2.69. The third-order valence-corrected chi connectivity index (χ3v) is 2.45. The van der Waals surface area contributed by atoms with E-state index >= 15 is 0 Å². The fourth-order valence-electron chi connectivity index (χ4n) is 1.49. The van der Waals surface area contributed by atoms with Crippen LogP contribution in [-0.2, 0) is 0 Å². The second-order valence-electron chi connectivity index (χ2n) is 3.75. The molecule has 8 heteroatoms. The van der Waals surface area contributed by atoms with Crippen molar-refractivity contribution in [3.63, 3.8) is 0 Å². The molecule has 0 atom stereocenters. The number of nitrogens with zero attached hydrogens (tertiary/aromatic N) is 1. The van der Waals surface area contributed by atoms with Gasteiger partial charge in [-0.3, -0.25) is 4.79 Å². The summed E-state index contributed by atoms with van der Waals surface area (Å²) in [5.74, 6) is 0.770. The van der Waals surface area contributed by atoms with Crippen LogP contribution in [0.25, 0.3) is 0 Å². The van der Waals surface area contributed by atoms with E-state index in [9.17, 15) is 18.0 Å². The van der Waals surface area contributed by atoms with E-state index in [-0.39, 0.29) is 17.1 Å². The molecule has 20 heavy (non-hydrogen) atoms. The third-order valence-electron chi connectivity index (χ3n) is 2.45. The lowest BCUT2D eigenvalue weighted by molar-refractivity contribution is 0.102. The van der Waals surface area contributed by atoms with Gasteiger partial charge in [-0.25, -0.2) is 24.0 Å². The lowest BCUT2D eigenvalue weighted by Crippen LogP contribution is -2.17. The zero-order valence-electron chi connectivity index (χ0n) is 9.95. The van der Waals surface area contributed by atoms with Gasteiger partial charge in [0.15, 0.2) is 23.3 Å². The van der Waals surface area contributed by atoms with E-state index < -0.39 is 23.4 Å². The van der Waals surface area contributed by atoms with Crippen molar-refractivity contribution in [1.82, 2.24) is 4.98 Å². The quantitative estimate of drug-likeness (QED) is 0.594. The molecule has 0 aliphatic heterocycles. The van der Waals surface area contributed by atoms with Gasteiger partial charge in [-0.2, -0.15) is 0 Å². The van der Waals surface area contributed by atoms with Crippen LogP contribution in [0.4, 0.5) is 24.7 Å². The summed E-state index contributed by atoms with van der Waals surface area (Å²) in [6.07, 6.45) is 1.18. The number of benzene rings is 1. The van der Waals surface area contributed by atoms with Crippen LogP contribution in [0.2, 0.25) is 0 Å². The number of nitrogens with one attached hydrogen (secondary N) is 2. The van der Waals surface area contributed by atoms with E-state index in [1.165, 1.54) is 6.20 Å². The lowest BCUT2D eigenvalue weighted by Gasteiger charge is -2.08. The van der Waals surface area contributed by atoms with Gasteiger partial charge >= 0.3 is 0 Å². The highest BCUT2D eigenvalue weighted by Crippen LogP contribution is 2.17. The number of aromatic nitrogens is 1. The van der Waals surface area contributed by atoms with Crippen LogP contribution in [0.15, 0.2) is 30.5 Å². The molecular formula is C12H9F3N4O. The molecule has 5 nitrogen and oxygen atoms in total. The van der Waals surface area contributed by atoms with E-state index in [4.69, 9.17) is 5.84 Å². The van der Waals surface area contributed by atoms with E-state index in [0.29, 0.717) is 0 Å². The minimum Gasteiger partial charge on any atom is -0.322 e. The van der Waals surface area contributed by atoms with E-state index in [1.54, 1.807) is 0 Å². The second-order valence-corrected chi connectivity index (χ2v) is 3.75. The fourth-order valence-corrected chi connectivity index (χ4v) is 1.49. The van der Waals surface area contributed by atoms with Crippen molar-refractivity contribution in [3.05, 3.63) is 53.5 Å². The summed E-state index contributed by atoms with van der Waals surface area (Å²) >= 11 is 0. The summed E-state index contributed by atoms with van der Waals surface area (Å²) < 4.78 is 39.5. The standard InChI is InChI=1S/C12H9F3N4O/c13-8-2-1-6(5-9(8)14)18-12(20)7-3-4-17-11(19-16)10(7)15/h1-5H,16H2,(H,17,19)(H,18,20). The maximum atomic E-state index is 13.8. The number of hydrazine groups is 1. The SMILES string of the molecule is NNc1nccc(C(=O)Nc2ccc(F)c(F)c2)c1F. The first-order valence-electron chi connectivity index (χ1n) is 5.40. The van der Waals surface area contributed by atoms with Gasteiger partial charge in [-0.05, 0) is 18.2 Å². The van der Waals surface area contributed by atoms with Crippen LogP contribution in [0.1, 0.15) is 10.4 Å². The summed E-state index contributed by atoms with van der Waals surface area (Å²) in [4.78, 5) is 15.4. The molecule has 1 aromatic carbocycles. The summed E-state index contributed by atoms with van der Waals surface area (Å²) in [5.41, 5.74) is 1.65. The van der Waals surface area contributed by atoms with Crippen molar-refractivity contribution < 1.29 is 18.0 Å². The maximum absolute atomic E-state index is 13.8. The molecule has 1 heterocycles. The number of anilines is 2. The predicted molar refractivity (Wildman–Crippen MR) is 66.3 cm³/mol. The van der Waals surface area contributed by atoms with Gasteiger partial charge in [0.2, 0.25) is 0 Å². The second kappa shape index (κ2) is 5.57. The van der Waals surface area contributed by atoms with Crippen LogP contribution < -0.4 is 16.6 Å². The van der Waals surface area contributed by atoms with Crippen molar-refractivity contribution in [2.75, 3.05) is 10.7 Å². The van der Waals surface area contributed by atoms with Gasteiger partial charge in [-0.1, -0.05) is 0 Å². The van der Waals surface area contributed by atoms with Crippen LogP contribution in [0, 0.1) is 17.5 Å². The monoisotopic (exact) mass is 282 g/mol. The number of carbonyl (C=O) groups is 1. The van der Waals surface area contributed by atoms with E-state index in [2.05, 4.69) is 10.3 Å². The van der Waals surface area contributed by atoms with Gasteiger partial charge < -0.3 is 10.7 Å². The summed E-state index contributed by atoms with van der Waals surface area (Å²) in [6.45, 7) is 0. The smallest absolute Gasteiger partial charge is 0.258 e. The number of amides is 1. The molecule has 0 aliphatic carbocycles. The highest BCUT2D eigenvalue weighted by Gasteiger charge is 2.16. The number of hydrogen-bond donors (Lipinski definition) is 3. The summed E-state index contributed by atoms with van der Waals surface area (Å²) in [7, 11) is 0. The first-order valence-corrected chi connectivity index (χ1v) is 5.40. The minimum atomic E-state index is -1.12. The zero-order chi connectivity index (χ0) is 14.7. The molecule has 104 valence electrons. The molecule has 0 bridgehead atoms. The van der Waals surface area contributed by atoms with Gasteiger partial charge in [0.25, 0.3) is 5.91 Å². The Morgan fingerprint density at radius 2 is 1.90 bits per heavy atom. The first kappa shape index (κ1) is 13.8. The largest absolute Gasteiger partial charge is 0.322 e. The number of rotatable bonds is 3. The number of pyridine rings is 1.